The Morgan fingerprint density at radius 3 is 2.76 bits per heavy atom. The highest BCUT2D eigenvalue weighted by atomic mass is 35.5. The number of likely N-dealkylation sites (tertiary alicyclic amines) is 1. The Morgan fingerprint density at radius 2 is 2.12 bits per heavy atom. The van der Waals surface area contributed by atoms with E-state index in [1.807, 2.05) is 13.8 Å². The summed E-state index contributed by atoms with van der Waals surface area (Å²) in [5.41, 5.74) is -1.29. The van der Waals surface area contributed by atoms with E-state index in [0.29, 0.717) is 45.4 Å². The fourth-order valence-corrected chi connectivity index (χ4v) is 4.96. The molecule has 1 unspecified atom stereocenters. The van der Waals surface area contributed by atoms with Crippen molar-refractivity contribution in [3.63, 3.8) is 0 Å². The zero-order valence-corrected chi connectivity index (χ0v) is 21.6. The van der Waals surface area contributed by atoms with Crippen molar-refractivity contribution in [3.8, 4) is 0 Å². The molecule has 0 radical (unpaired) electrons. The molecule has 0 saturated carbocycles. The van der Waals surface area contributed by atoms with Crippen LogP contribution < -0.4 is 10.6 Å². The first kappa shape index (κ1) is 28.8. The molecular formula is C25H41ClFN3O4. The molecule has 34 heavy (non-hydrogen) atoms. The van der Waals surface area contributed by atoms with Gasteiger partial charge in [-0.15, -0.1) is 0 Å². The lowest BCUT2D eigenvalue weighted by Gasteiger charge is -2.43. The van der Waals surface area contributed by atoms with Gasteiger partial charge >= 0.3 is 6.03 Å². The van der Waals surface area contributed by atoms with Gasteiger partial charge in [0.15, 0.2) is 0 Å². The summed E-state index contributed by atoms with van der Waals surface area (Å²) in [7, 11) is 3.39. The summed E-state index contributed by atoms with van der Waals surface area (Å²) in [5.74, 6) is -0.995. The number of piperidine rings is 1. The van der Waals surface area contributed by atoms with E-state index in [-0.39, 0.29) is 35.0 Å². The highest BCUT2D eigenvalue weighted by Crippen LogP contribution is 2.42. The van der Waals surface area contributed by atoms with E-state index >= 15 is 4.39 Å². The molecule has 7 nitrogen and oxygen atoms in total. The van der Waals surface area contributed by atoms with Gasteiger partial charge in [-0.25, -0.2) is 9.18 Å². The number of ether oxygens (including phenoxy) is 1. The van der Waals surface area contributed by atoms with Crippen LogP contribution in [-0.4, -0.2) is 73.7 Å². The number of aliphatic hydroxyl groups is 2. The fraction of sp³-hybridized carbons (Fsp3) is 0.720. The number of carbonyl (C=O) groups excluding carboxylic acids is 1. The van der Waals surface area contributed by atoms with Crippen LogP contribution in [0, 0.1) is 17.7 Å². The first-order chi connectivity index (χ1) is 16.2. The molecule has 0 spiro atoms. The number of urea groups is 1. The topological polar surface area (TPSA) is 94.1 Å². The Labute approximate surface area is 208 Å². The Bertz CT molecular complexity index is 785. The molecular weight excluding hydrogens is 461 g/mol. The normalized spacial score (nSPS) is 20.1. The van der Waals surface area contributed by atoms with Crippen LogP contribution in [0.15, 0.2) is 18.2 Å². The third kappa shape index (κ3) is 7.28. The van der Waals surface area contributed by atoms with Gasteiger partial charge in [-0.2, -0.15) is 0 Å². The minimum Gasteiger partial charge on any atom is -0.391 e. The zero-order valence-electron chi connectivity index (χ0n) is 20.8. The van der Waals surface area contributed by atoms with Crippen molar-refractivity contribution < 1.29 is 24.1 Å². The number of hydrogen-bond donors (Lipinski definition) is 4. The van der Waals surface area contributed by atoms with Crippen LogP contribution in [0.2, 0.25) is 5.02 Å². The number of halogens is 2. The highest BCUT2D eigenvalue weighted by molar-refractivity contribution is 6.30. The fourth-order valence-electron chi connectivity index (χ4n) is 4.78. The van der Waals surface area contributed by atoms with Crippen molar-refractivity contribution >= 4 is 17.6 Å². The predicted molar refractivity (Wildman–Crippen MR) is 132 cm³/mol. The molecule has 4 atom stereocenters. The number of methoxy groups -OCH3 is 1. The number of unbranched alkanes of at least 4 members (excludes halogenated alkanes) is 1. The number of rotatable bonds is 12. The van der Waals surface area contributed by atoms with Crippen LogP contribution in [0.5, 0.6) is 0 Å². The van der Waals surface area contributed by atoms with Gasteiger partial charge in [-0.1, -0.05) is 37.6 Å². The quantitative estimate of drug-likeness (QED) is 0.329. The Kier molecular flexibility index (Phi) is 11.5. The van der Waals surface area contributed by atoms with Gasteiger partial charge in [0.25, 0.3) is 0 Å². The number of benzene rings is 1. The summed E-state index contributed by atoms with van der Waals surface area (Å²) >= 11 is 6.05. The molecule has 1 fully saturated rings. The van der Waals surface area contributed by atoms with Crippen molar-refractivity contribution in [1.82, 2.24) is 15.5 Å². The number of carbonyl (C=O) groups is 1. The van der Waals surface area contributed by atoms with Crippen molar-refractivity contribution in [2.45, 2.75) is 63.7 Å². The van der Waals surface area contributed by atoms with Gasteiger partial charge in [0.2, 0.25) is 0 Å². The molecule has 4 N–H and O–H groups in total. The Morgan fingerprint density at radius 1 is 1.38 bits per heavy atom. The van der Waals surface area contributed by atoms with Crippen LogP contribution in [0.25, 0.3) is 0 Å². The van der Waals surface area contributed by atoms with Crippen molar-refractivity contribution in [3.05, 3.63) is 34.6 Å². The van der Waals surface area contributed by atoms with E-state index in [9.17, 15) is 15.0 Å². The lowest BCUT2D eigenvalue weighted by atomic mass is 9.74. The summed E-state index contributed by atoms with van der Waals surface area (Å²) in [6.45, 7) is 5.60. The smallest absolute Gasteiger partial charge is 0.317 e. The molecule has 1 heterocycles. The van der Waals surface area contributed by atoms with Gasteiger partial charge in [0.1, 0.15) is 5.82 Å². The van der Waals surface area contributed by atoms with Crippen molar-refractivity contribution in [1.29, 1.82) is 0 Å². The van der Waals surface area contributed by atoms with Crippen LogP contribution in [-0.2, 0) is 10.3 Å². The van der Waals surface area contributed by atoms with Crippen molar-refractivity contribution in [2.24, 2.45) is 11.8 Å². The Hall–Kier alpha value is -1.45. The van der Waals surface area contributed by atoms with Gasteiger partial charge in [0, 0.05) is 44.8 Å². The van der Waals surface area contributed by atoms with E-state index in [1.54, 1.807) is 31.2 Å². The number of likely N-dealkylation sites (N-methyl/N-ethyl adjacent to an activating group) is 1. The molecule has 1 saturated heterocycles. The van der Waals surface area contributed by atoms with E-state index < -0.39 is 23.6 Å². The van der Waals surface area contributed by atoms with E-state index in [1.165, 1.54) is 6.07 Å². The lowest BCUT2D eigenvalue weighted by Crippen LogP contribution is -2.57. The summed E-state index contributed by atoms with van der Waals surface area (Å²) in [5, 5.41) is 28.3. The molecule has 1 aromatic rings. The average Bonchev–Trinajstić information content (AvgIpc) is 2.82. The molecule has 0 aromatic heterocycles. The maximum atomic E-state index is 15.1. The summed E-state index contributed by atoms with van der Waals surface area (Å²) in [4.78, 5) is 14.8. The van der Waals surface area contributed by atoms with Gasteiger partial charge in [-0.3, -0.25) is 0 Å². The van der Waals surface area contributed by atoms with Gasteiger partial charge in [-0.05, 0) is 51.1 Å². The van der Waals surface area contributed by atoms with Crippen LogP contribution in [0.4, 0.5) is 9.18 Å². The second kappa shape index (κ2) is 13.6. The van der Waals surface area contributed by atoms with Crippen LogP contribution in [0.3, 0.4) is 0 Å². The first-order valence-electron chi connectivity index (χ1n) is 12.2. The van der Waals surface area contributed by atoms with Gasteiger partial charge in [0.05, 0.1) is 22.8 Å². The van der Waals surface area contributed by atoms with E-state index in [0.717, 1.165) is 6.42 Å². The zero-order chi connectivity index (χ0) is 25.3. The average molecular weight is 502 g/mol. The minimum absolute atomic E-state index is 0.0178. The van der Waals surface area contributed by atoms with Crippen LogP contribution >= 0.6 is 11.6 Å². The standard InChI is InChI=1S/C25H41ClFN3O4/c1-17(2)23(31)21(15-28-3)29-24(32)30-13-8-9-18(16-30)25(33,12-5-6-14-34-4)19-10-7-11-20(26)22(19)27/h7,10-11,17-18,21,23,28,31,33H,5-6,8-9,12-16H2,1-4H3,(H,29,32)/t18-,21-,23?,25+/m1/s1. The Balaban J connectivity index is 2.23. The SMILES string of the molecule is CNC[C@@H](NC(=O)N1CCC[C@@H]([C@@](O)(CCCCOC)c2cccc(Cl)c2F)C1)C(O)C(C)C. The summed E-state index contributed by atoms with van der Waals surface area (Å²) < 4.78 is 20.2. The van der Waals surface area contributed by atoms with E-state index in [2.05, 4.69) is 10.6 Å². The minimum atomic E-state index is -1.47. The first-order valence-corrected chi connectivity index (χ1v) is 12.6. The van der Waals surface area contributed by atoms with Crippen LogP contribution in [0.1, 0.15) is 51.5 Å². The molecule has 2 amide bonds. The van der Waals surface area contributed by atoms with Crippen molar-refractivity contribution in [2.75, 3.05) is 40.4 Å². The third-order valence-electron chi connectivity index (χ3n) is 6.79. The molecule has 194 valence electrons. The second-order valence-corrected chi connectivity index (χ2v) is 10.0. The van der Waals surface area contributed by atoms with E-state index in [4.69, 9.17) is 16.3 Å². The summed E-state index contributed by atoms with van der Waals surface area (Å²) in [6.07, 6.45) is 2.35. The number of amides is 2. The molecule has 1 aliphatic rings. The number of nitrogens with zero attached hydrogens (tertiary/aromatic N) is 1. The number of nitrogens with one attached hydrogen (secondary N) is 2. The number of aliphatic hydroxyl groups excluding tert-OH is 1. The molecule has 0 bridgehead atoms. The monoisotopic (exact) mass is 501 g/mol. The van der Waals surface area contributed by atoms with Gasteiger partial charge < -0.3 is 30.5 Å². The summed E-state index contributed by atoms with van der Waals surface area (Å²) in [6, 6.07) is 3.95. The molecule has 2 rings (SSSR count). The molecule has 1 aromatic carbocycles. The lowest BCUT2D eigenvalue weighted by molar-refractivity contribution is -0.0589. The third-order valence-corrected chi connectivity index (χ3v) is 7.08. The molecule has 0 aliphatic carbocycles. The molecule has 9 heteroatoms. The maximum Gasteiger partial charge on any atom is 0.317 e. The predicted octanol–water partition coefficient (Wildman–Crippen LogP) is 3.51. The number of hydrogen-bond acceptors (Lipinski definition) is 5. The maximum absolute atomic E-state index is 15.1. The molecule has 1 aliphatic heterocycles. The highest BCUT2D eigenvalue weighted by Gasteiger charge is 2.43. The largest absolute Gasteiger partial charge is 0.391 e. The second-order valence-electron chi connectivity index (χ2n) is 9.61.